The van der Waals surface area contributed by atoms with E-state index in [0.29, 0.717) is 26.7 Å². The van der Waals surface area contributed by atoms with E-state index in [2.05, 4.69) is 38.8 Å². The smallest absolute Gasteiger partial charge is 0.267 e. The van der Waals surface area contributed by atoms with E-state index in [4.69, 9.17) is 0 Å². The molecule has 0 spiro atoms. The van der Waals surface area contributed by atoms with Crippen molar-refractivity contribution in [3.05, 3.63) is 61.1 Å². The highest BCUT2D eigenvalue weighted by atomic mass is 79.9. The number of unbranched alkanes of at least 4 members (excludes halogenated alkanes) is 2. The molecule has 28 heavy (non-hydrogen) atoms. The molecule has 7 nitrogen and oxygen atoms in total. The third-order valence-electron chi connectivity index (χ3n) is 4.17. The number of benzene rings is 1. The first-order valence-corrected chi connectivity index (χ1v) is 10.5. The highest BCUT2D eigenvalue weighted by Gasteiger charge is 2.18. The number of hydrogen-bond acceptors (Lipinski definition) is 5. The van der Waals surface area contributed by atoms with E-state index in [1.54, 1.807) is 35.7 Å². The SMILES string of the molecule is CCCCCn1nc(C(=O)NNC(=O)c2sccc2Br)c2ccccc2c1=O. The molecule has 2 aromatic heterocycles. The van der Waals surface area contributed by atoms with Crippen LogP contribution in [0.2, 0.25) is 0 Å². The van der Waals surface area contributed by atoms with Gasteiger partial charge in [0.2, 0.25) is 0 Å². The second-order valence-electron chi connectivity index (χ2n) is 6.14. The van der Waals surface area contributed by atoms with Crippen LogP contribution in [0.15, 0.2) is 45.0 Å². The fourth-order valence-corrected chi connectivity index (χ4v) is 4.20. The van der Waals surface area contributed by atoms with Gasteiger partial charge in [0.25, 0.3) is 17.4 Å². The Morgan fingerprint density at radius 2 is 1.82 bits per heavy atom. The molecule has 3 aromatic rings. The van der Waals surface area contributed by atoms with Crippen molar-refractivity contribution in [3.63, 3.8) is 0 Å². The number of hydrazine groups is 1. The number of aromatic nitrogens is 2. The van der Waals surface area contributed by atoms with Gasteiger partial charge < -0.3 is 0 Å². The minimum Gasteiger partial charge on any atom is -0.267 e. The lowest BCUT2D eigenvalue weighted by atomic mass is 10.1. The molecule has 2 heterocycles. The molecule has 0 radical (unpaired) electrons. The average Bonchev–Trinajstić information content (AvgIpc) is 3.14. The number of fused-ring (bicyclic) bond motifs is 1. The zero-order valence-electron chi connectivity index (χ0n) is 15.2. The lowest BCUT2D eigenvalue weighted by Gasteiger charge is -2.11. The van der Waals surface area contributed by atoms with Gasteiger partial charge in [0.15, 0.2) is 5.69 Å². The minimum absolute atomic E-state index is 0.0947. The molecule has 2 N–H and O–H groups in total. The third kappa shape index (κ3) is 4.31. The van der Waals surface area contributed by atoms with Gasteiger partial charge in [-0.3, -0.25) is 25.2 Å². The van der Waals surface area contributed by atoms with Gasteiger partial charge in [-0.2, -0.15) is 5.10 Å². The molecule has 0 atom stereocenters. The topological polar surface area (TPSA) is 93.1 Å². The Kier molecular flexibility index (Phi) is 6.58. The molecule has 3 rings (SSSR count). The Morgan fingerprint density at radius 1 is 1.11 bits per heavy atom. The Labute approximate surface area is 173 Å². The highest BCUT2D eigenvalue weighted by molar-refractivity contribution is 9.10. The van der Waals surface area contributed by atoms with Crippen LogP contribution in [0.3, 0.4) is 0 Å². The van der Waals surface area contributed by atoms with E-state index >= 15 is 0 Å². The molecule has 9 heteroatoms. The Balaban J connectivity index is 1.87. The number of thiophene rings is 1. The fourth-order valence-electron chi connectivity index (χ4n) is 2.75. The number of carbonyl (C=O) groups excluding carboxylic acids is 2. The molecule has 0 bridgehead atoms. The summed E-state index contributed by atoms with van der Waals surface area (Å²) in [5, 5.41) is 6.90. The van der Waals surface area contributed by atoms with Gasteiger partial charge in [0.1, 0.15) is 4.88 Å². The van der Waals surface area contributed by atoms with Gasteiger partial charge in [-0.15, -0.1) is 11.3 Å². The molecule has 2 amide bonds. The summed E-state index contributed by atoms with van der Waals surface area (Å²) >= 11 is 4.54. The van der Waals surface area contributed by atoms with Gasteiger partial charge in [0, 0.05) is 16.4 Å². The molecular weight excluding hydrogens is 444 g/mol. The van der Waals surface area contributed by atoms with Crippen LogP contribution in [-0.2, 0) is 6.54 Å². The van der Waals surface area contributed by atoms with Gasteiger partial charge in [-0.1, -0.05) is 38.0 Å². The summed E-state index contributed by atoms with van der Waals surface area (Å²) in [4.78, 5) is 38.0. The van der Waals surface area contributed by atoms with Crippen LogP contribution >= 0.6 is 27.3 Å². The Hall–Kier alpha value is -2.52. The molecule has 0 aliphatic carbocycles. The molecule has 0 fully saturated rings. The summed E-state index contributed by atoms with van der Waals surface area (Å²) in [6.45, 7) is 2.51. The first kappa shape index (κ1) is 20.2. The summed E-state index contributed by atoms with van der Waals surface area (Å²) < 4.78 is 1.97. The van der Waals surface area contributed by atoms with Crippen molar-refractivity contribution in [2.75, 3.05) is 0 Å². The number of rotatable bonds is 6. The van der Waals surface area contributed by atoms with Crippen molar-refractivity contribution in [2.24, 2.45) is 0 Å². The quantitative estimate of drug-likeness (QED) is 0.433. The first-order chi connectivity index (χ1) is 13.5. The number of amides is 2. The number of aryl methyl sites for hydroxylation is 1. The third-order valence-corrected chi connectivity index (χ3v) is 6.01. The van der Waals surface area contributed by atoms with Crippen molar-refractivity contribution in [1.82, 2.24) is 20.6 Å². The maximum absolute atomic E-state index is 12.7. The molecule has 146 valence electrons. The second kappa shape index (κ2) is 9.11. The van der Waals surface area contributed by atoms with Crippen LogP contribution in [0.1, 0.15) is 46.3 Å². The molecule has 0 unspecified atom stereocenters. The molecular formula is C19H19BrN4O3S. The normalized spacial score (nSPS) is 10.8. The number of carbonyl (C=O) groups is 2. The van der Waals surface area contributed by atoms with E-state index < -0.39 is 11.8 Å². The van der Waals surface area contributed by atoms with Crippen LogP contribution in [0.5, 0.6) is 0 Å². The van der Waals surface area contributed by atoms with Crippen molar-refractivity contribution in [3.8, 4) is 0 Å². The highest BCUT2D eigenvalue weighted by Crippen LogP contribution is 2.22. The average molecular weight is 463 g/mol. The Morgan fingerprint density at radius 3 is 2.50 bits per heavy atom. The minimum atomic E-state index is -0.582. The molecule has 0 aliphatic heterocycles. The van der Waals surface area contributed by atoms with Crippen molar-refractivity contribution < 1.29 is 9.59 Å². The van der Waals surface area contributed by atoms with Crippen LogP contribution in [0.25, 0.3) is 10.8 Å². The van der Waals surface area contributed by atoms with E-state index in [-0.39, 0.29) is 11.3 Å². The summed E-state index contributed by atoms with van der Waals surface area (Å²) in [5.41, 5.74) is 4.65. The Bertz CT molecular complexity index is 1080. The summed E-state index contributed by atoms with van der Waals surface area (Å²) in [5.74, 6) is -1.02. The van der Waals surface area contributed by atoms with E-state index in [0.717, 1.165) is 19.3 Å². The van der Waals surface area contributed by atoms with Crippen LogP contribution in [0, 0.1) is 0 Å². The summed E-state index contributed by atoms with van der Waals surface area (Å²) in [6, 6.07) is 8.59. The fraction of sp³-hybridized carbons (Fsp3) is 0.263. The first-order valence-electron chi connectivity index (χ1n) is 8.86. The van der Waals surface area contributed by atoms with E-state index in [9.17, 15) is 14.4 Å². The number of nitrogens with one attached hydrogen (secondary N) is 2. The van der Waals surface area contributed by atoms with Crippen molar-refractivity contribution in [2.45, 2.75) is 32.7 Å². The maximum Gasteiger partial charge on any atom is 0.290 e. The van der Waals surface area contributed by atoms with E-state index in [1.165, 1.54) is 16.0 Å². The van der Waals surface area contributed by atoms with Crippen molar-refractivity contribution in [1.29, 1.82) is 0 Å². The lowest BCUT2D eigenvalue weighted by Crippen LogP contribution is -2.42. The van der Waals surface area contributed by atoms with Gasteiger partial charge >= 0.3 is 0 Å². The van der Waals surface area contributed by atoms with E-state index in [1.807, 2.05) is 0 Å². The maximum atomic E-state index is 12.7. The second-order valence-corrected chi connectivity index (χ2v) is 7.91. The summed E-state index contributed by atoms with van der Waals surface area (Å²) in [6.07, 6.45) is 2.78. The number of halogens is 1. The van der Waals surface area contributed by atoms with Crippen LogP contribution in [-0.4, -0.2) is 21.6 Å². The number of hydrogen-bond donors (Lipinski definition) is 2. The standard InChI is InChI=1S/C19H19BrN4O3S/c1-2-3-6-10-24-19(27)13-8-5-4-7-12(13)15(23-24)17(25)21-22-18(26)16-14(20)9-11-28-16/h4-5,7-9,11H,2-3,6,10H2,1H3,(H,21,25)(H,22,26). The molecule has 0 saturated heterocycles. The molecule has 0 aliphatic rings. The van der Waals surface area contributed by atoms with Gasteiger partial charge in [-0.25, -0.2) is 4.68 Å². The monoisotopic (exact) mass is 462 g/mol. The van der Waals surface area contributed by atoms with Crippen LogP contribution < -0.4 is 16.4 Å². The largest absolute Gasteiger partial charge is 0.290 e. The zero-order chi connectivity index (χ0) is 20.1. The molecule has 0 saturated carbocycles. The molecule has 1 aromatic carbocycles. The zero-order valence-corrected chi connectivity index (χ0v) is 17.6. The van der Waals surface area contributed by atoms with Crippen molar-refractivity contribution >= 4 is 49.9 Å². The predicted molar refractivity (Wildman–Crippen MR) is 112 cm³/mol. The lowest BCUT2D eigenvalue weighted by molar-refractivity contribution is 0.0845. The van der Waals surface area contributed by atoms with Gasteiger partial charge in [-0.05, 0) is 39.9 Å². The van der Waals surface area contributed by atoms with Crippen LogP contribution in [0.4, 0.5) is 0 Å². The summed E-state index contributed by atoms with van der Waals surface area (Å²) in [7, 11) is 0. The van der Waals surface area contributed by atoms with Gasteiger partial charge in [0.05, 0.1) is 5.39 Å². The predicted octanol–water partition coefficient (Wildman–Crippen LogP) is 3.49. The number of nitrogens with zero attached hydrogens (tertiary/aromatic N) is 2.